The normalized spacial score (nSPS) is 10.7. The second-order valence-electron chi connectivity index (χ2n) is 5.44. The molecule has 3 aromatic rings. The summed E-state index contributed by atoms with van der Waals surface area (Å²) in [6.07, 6.45) is 5.82. The van der Waals surface area contributed by atoms with Crippen molar-refractivity contribution >= 4 is 40.8 Å². The van der Waals surface area contributed by atoms with E-state index >= 15 is 0 Å². The number of hydrogen-bond acceptors (Lipinski definition) is 4. The zero-order chi connectivity index (χ0) is 18.7. The van der Waals surface area contributed by atoms with Crippen LogP contribution in [0.1, 0.15) is 15.9 Å². The molecule has 0 spiro atoms. The van der Waals surface area contributed by atoms with Crippen molar-refractivity contribution in [3.8, 4) is 0 Å². The first-order chi connectivity index (χ1) is 12.4. The SMILES string of the molecule is O=C(O)Cn1cc(C(=O)Nc2cnn(Cc3ccc(Cl)cc3Cl)c2)cn1. The molecule has 2 aromatic heterocycles. The number of hydrogen-bond donors (Lipinski definition) is 2. The first kappa shape index (κ1) is 18.0. The van der Waals surface area contributed by atoms with Gasteiger partial charge < -0.3 is 10.4 Å². The Labute approximate surface area is 157 Å². The number of carboxylic acid groups (broad SMARTS) is 1. The van der Waals surface area contributed by atoms with E-state index < -0.39 is 11.9 Å². The van der Waals surface area contributed by atoms with Crippen molar-refractivity contribution in [2.24, 2.45) is 0 Å². The molecule has 1 aromatic carbocycles. The quantitative estimate of drug-likeness (QED) is 0.670. The topological polar surface area (TPSA) is 102 Å². The Kier molecular flexibility index (Phi) is 5.24. The van der Waals surface area contributed by atoms with Crippen LogP contribution in [0.5, 0.6) is 0 Å². The molecule has 1 amide bonds. The van der Waals surface area contributed by atoms with Crippen LogP contribution in [0.25, 0.3) is 0 Å². The predicted octanol–water partition coefficient (Wildman–Crippen LogP) is 2.77. The van der Waals surface area contributed by atoms with Gasteiger partial charge in [-0.25, -0.2) is 0 Å². The maximum Gasteiger partial charge on any atom is 0.325 e. The third-order valence-electron chi connectivity index (χ3n) is 3.43. The van der Waals surface area contributed by atoms with Crippen molar-refractivity contribution in [3.63, 3.8) is 0 Å². The number of carbonyl (C=O) groups is 2. The van der Waals surface area contributed by atoms with Crippen LogP contribution in [0.3, 0.4) is 0 Å². The highest BCUT2D eigenvalue weighted by molar-refractivity contribution is 6.35. The lowest BCUT2D eigenvalue weighted by molar-refractivity contribution is -0.137. The molecule has 26 heavy (non-hydrogen) atoms. The monoisotopic (exact) mass is 393 g/mol. The fourth-order valence-corrected chi connectivity index (χ4v) is 2.72. The number of aliphatic carboxylic acids is 1. The Morgan fingerprint density at radius 1 is 1.12 bits per heavy atom. The van der Waals surface area contributed by atoms with Crippen LogP contribution in [-0.4, -0.2) is 36.5 Å². The molecule has 8 nitrogen and oxygen atoms in total. The number of amides is 1. The Bertz CT molecular complexity index is 966. The molecule has 10 heteroatoms. The Hall–Kier alpha value is -2.84. The molecule has 2 N–H and O–H groups in total. The number of carbonyl (C=O) groups excluding carboxylic acids is 1. The lowest BCUT2D eigenvalue weighted by Crippen LogP contribution is -2.11. The predicted molar refractivity (Wildman–Crippen MR) is 95.6 cm³/mol. The zero-order valence-corrected chi connectivity index (χ0v) is 14.8. The van der Waals surface area contributed by atoms with E-state index in [0.29, 0.717) is 22.3 Å². The minimum Gasteiger partial charge on any atom is -0.480 e. The van der Waals surface area contributed by atoms with E-state index in [1.807, 2.05) is 0 Å². The van der Waals surface area contributed by atoms with Gasteiger partial charge in [0.25, 0.3) is 5.91 Å². The average molecular weight is 394 g/mol. The fraction of sp³-hybridized carbons (Fsp3) is 0.125. The highest BCUT2D eigenvalue weighted by Gasteiger charge is 2.12. The maximum absolute atomic E-state index is 12.2. The summed E-state index contributed by atoms with van der Waals surface area (Å²) < 4.78 is 2.79. The Morgan fingerprint density at radius 2 is 1.88 bits per heavy atom. The summed E-state index contributed by atoms with van der Waals surface area (Å²) in [6.45, 7) is 0.107. The van der Waals surface area contributed by atoms with Gasteiger partial charge in [-0.2, -0.15) is 10.2 Å². The summed E-state index contributed by atoms with van der Waals surface area (Å²) >= 11 is 12.0. The van der Waals surface area contributed by atoms with Crippen molar-refractivity contribution < 1.29 is 14.7 Å². The number of carboxylic acids is 1. The van der Waals surface area contributed by atoms with Gasteiger partial charge in [-0.15, -0.1) is 0 Å². The number of halogens is 2. The van der Waals surface area contributed by atoms with Gasteiger partial charge in [0.15, 0.2) is 0 Å². The summed E-state index contributed by atoms with van der Waals surface area (Å²) in [5.41, 5.74) is 1.58. The van der Waals surface area contributed by atoms with E-state index in [9.17, 15) is 9.59 Å². The second-order valence-corrected chi connectivity index (χ2v) is 6.28. The minimum absolute atomic E-state index is 0.250. The van der Waals surface area contributed by atoms with E-state index in [2.05, 4.69) is 15.5 Å². The van der Waals surface area contributed by atoms with Crippen molar-refractivity contribution in [1.82, 2.24) is 19.6 Å². The van der Waals surface area contributed by atoms with E-state index in [0.717, 1.165) is 5.56 Å². The van der Waals surface area contributed by atoms with E-state index in [4.69, 9.17) is 28.3 Å². The molecule has 0 aliphatic heterocycles. The van der Waals surface area contributed by atoms with Gasteiger partial charge in [-0.1, -0.05) is 29.3 Å². The maximum atomic E-state index is 12.2. The Balaban J connectivity index is 1.65. The van der Waals surface area contributed by atoms with Gasteiger partial charge in [-0.3, -0.25) is 19.0 Å². The summed E-state index contributed by atoms with van der Waals surface area (Å²) in [5, 5.41) is 20.5. The number of nitrogens with zero attached hydrogens (tertiary/aromatic N) is 4. The molecule has 0 saturated heterocycles. The summed E-state index contributed by atoms with van der Waals surface area (Å²) in [5.74, 6) is -1.45. The number of anilines is 1. The standard InChI is InChI=1S/C16H13Cl2N5O3/c17-12-2-1-10(14(18)3-12)6-22-8-13(5-20-22)21-16(26)11-4-19-23(7-11)9-15(24)25/h1-5,7-8H,6,9H2,(H,21,26)(H,24,25). The molecular formula is C16H13Cl2N5O3. The van der Waals surface area contributed by atoms with Crippen LogP contribution >= 0.6 is 23.2 Å². The second kappa shape index (κ2) is 7.59. The molecule has 3 rings (SSSR count). The van der Waals surface area contributed by atoms with Crippen LogP contribution in [0.4, 0.5) is 5.69 Å². The van der Waals surface area contributed by atoms with Crippen LogP contribution in [-0.2, 0) is 17.9 Å². The largest absolute Gasteiger partial charge is 0.480 e. The van der Waals surface area contributed by atoms with Crippen molar-refractivity contribution in [2.45, 2.75) is 13.1 Å². The smallest absolute Gasteiger partial charge is 0.325 e. The molecule has 0 aliphatic carbocycles. The molecule has 0 saturated carbocycles. The number of benzene rings is 1. The lowest BCUT2D eigenvalue weighted by Gasteiger charge is -2.05. The number of rotatable bonds is 6. The van der Waals surface area contributed by atoms with Gasteiger partial charge >= 0.3 is 5.97 Å². The van der Waals surface area contributed by atoms with Crippen LogP contribution < -0.4 is 5.32 Å². The first-order valence-corrected chi connectivity index (χ1v) is 8.18. The van der Waals surface area contributed by atoms with Crippen molar-refractivity contribution in [1.29, 1.82) is 0 Å². The van der Waals surface area contributed by atoms with Gasteiger partial charge in [0.1, 0.15) is 6.54 Å². The number of aromatic nitrogens is 4. The Morgan fingerprint density at radius 3 is 2.62 bits per heavy atom. The highest BCUT2D eigenvalue weighted by atomic mass is 35.5. The van der Waals surface area contributed by atoms with Gasteiger partial charge in [0, 0.05) is 22.4 Å². The van der Waals surface area contributed by atoms with Crippen LogP contribution in [0.15, 0.2) is 43.0 Å². The van der Waals surface area contributed by atoms with Crippen LogP contribution in [0.2, 0.25) is 10.0 Å². The van der Waals surface area contributed by atoms with Crippen molar-refractivity contribution in [2.75, 3.05) is 5.32 Å². The van der Waals surface area contributed by atoms with Gasteiger partial charge in [0.05, 0.1) is 30.2 Å². The van der Waals surface area contributed by atoms with Crippen LogP contribution in [0, 0.1) is 0 Å². The molecule has 0 bridgehead atoms. The highest BCUT2D eigenvalue weighted by Crippen LogP contribution is 2.22. The molecular weight excluding hydrogens is 381 g/mol. The molecule has 0 aliphatic rings. The summed E-state index contributed by atoms with van der Waals surface area (Å²) in [7, 11) is 0. The molecule has 0 radical (unpaired) electrons. The molecule has 134 valence electrons. The first-order valence-electron chi connectivity index (χ1n) is 7.42. The lowest BCUT2D eigenvalue weighted by atomic mass is 10.2. The third kappa shape index (κ3) is 4.41. The minimum atomic E-state index is -1.04. The third-order valence-corrected chi connectivity index (χ3v) is 4.02. The average Bonchev–Trinajstić information content (AvgIpc) is 3.19. The van der Waals surface area contributed by atoms with E-state index in [-0.39, 0.29) is 12.1 Å². The fourth-order valence-electron chi connectivity index (χ4n) is 2.25. The van der Waals surface area contributed by atoms with E-state index in [1.54, 1.807) is 29.1 Å². The zero-order valence-electron chi connectivity index (χ0n) is 13.3. The molecule has 2 heterocycles. The summed E-state index contributed by atoms with van der Waals surface area (Å²) in [6, 6.07) is 5.20. The molecule has 0 fully saturated rings. The van der Waals surface area contributed by atoms with Gasteiger partial charge in [-0.05, 0) is 17.7 Å². The van der Waals surface area contributed by atoms with Gasteiger partial charge in [0.2, 0.25) is 0 Å². The van der Waals surface area contributed by atoms with E-state index in [1.165, 1.54) is 23.3 Å². The molecule has 0 atom stereocenters. The summed E-state index contributed by atoms with van der Waals surface area (Å²) in [4.78, 5) is 22.8. The number of nitrogens with one attached hydrogen (secondary N) is 1. The van der Waals surface area contributed by atoms with Crippen molar-refractivity contribution in [3.05, 3.63) is 64.2 Å². The molecule has 0 unspecified atom stereocenters.